The number of nitrogens with one attached hydrogen (secondary N) is 1. The normalized spacial score (nSPS) is 16.5. The van der Waals surface area contributed by atoms with Gasteiger partial charge < -0.3 is 19.7 Å². The van der Waals surface area contributed by atoms with E-state index < -0.39 is 0 Å². The number of hydrogen-bond acceptors (Lipinski definition) is 2. The lowest BCUT2D eigenvalue weighted by Crippen LogP contribution is -2.43. The Balaban J connectivity index is 1.75. The van der Waals surface area contributed by atoms with Gasteiger partial charge in [0.2, 0.25) is 0 Å². The molecule has 0 saturated heterocycles. The molecule has 0 aromatic carbocycles. The highest BCUT2D eigenvalue weighted by Gasteiger charge is 2.19. The summed E-state index contributed by atoms with van der Waals surface area (Å²) >= 11 is 0. The van der Waals surface area contributed by atoms with Crippen LogP contribution in [0.15, 0.2) is 23.3 Å². The maximum absolute atomic E-state index is 4.40. The predicted molar refractivity (Wildman–Crippen MR) is 93.1 cm³/mol. The first-order valence-corrected chi connectivity index (χ1v) is 8.34. The molecule has 1 saturated carbocycles. The second-order valence-corrected chi connectivity index (χ2v) is 6.36. The zero-order chi connectivity index (χ0) is 15.9. The summed E-state index contributed by atoms with van der Waals surface area (Å²) in [5.41, 5.74) is 1.29. The fourth-order valence-electron chi connectivity index (χ4n) is 3.24. The Morgan fingerprint density at radius 2 is 2.09 bits per heavy atom. The smallest absolute Gasteiger partial charge is 0.193 e. The van der Waals surface area contributed by atoms with Crippen molar-refractivity contribution in [1.82, 2.24) is 19.7 Å². The molecule has 1 aromatic rings. The molecule has 0 amide bonds. The summed E-state index contributed by atoms with van der Waals surface area (Å²) in [7, 11) is 8.26. The SMILES string of the molecule is CN=C(NCCN(C)C1CCCC1)N(C)Cc1cccn1C. The molecule has 0 spiro atoms. The Kier molecular flexibility index (Phi) is 6.31. The van der Waals surface area contributed by atoms with Crippen molar-refractivity contribution in [3.05, 3.63) is 24.0 Å². The van der Waals surface area contributed by atoms with Crippen LogP contribution in [0.3, 0.4) is 0 Å². The fraction of sp³-hybridized carbons (Fsp3) is 0.706. The molecule has 124 valence electrons. The van der Waals surface area contributed by atoms with Gasteiger partial charge in [-0.2, -0.15) is 0 Å². The van der Waals surface area contributed by atoms with E-state index in [1.54, 1.807) is 0 Å². The number of likely N-dealkylation sites (N-methyl/N-ethyl adjacent to an activating group) is 1. The van der Waals surface area contributed by atoms with Crippen molar-refractivity contribution in [3.8, 4) is 0 Å². The number of aryl methyl sites for hydroxylation is 1. The highest BCUT2D eigenvalue weighted by Crippen LogP contribution is 2.21. The standard InChI is InChI=1S/C17H31N5/c1-18-17(22(4)14-16-10-7-12-20(16)2)19-11-13-21(3)15-8-5-6-9-15/h7,10,12,15H,5-6,8-9,11,13-14H2,1-4H3,(H,18,19). The van der Waals surface area contributed by atoms with Crippen molar-refractivity contribution < 1.29 is 0 Å². The van der Waals surface area contributed by atoms with Gasteiger partial charge in [-0.3, -0.25) is 4.99 Å². The summed E-state index contributed by atoms with van der Waals surface area (Å²) in [5.74, 6) is 0.959. The van der Waals surface area contributed by atoms with E-state index in [2.05, 4.69) is 64.1 Å². The second kappa shape index (κ2) is 8.22. The lowest BCUT2D eigenvalue weighted by molar-refractivity contribution is 0.248. The van der Waals surface area contributed by atoms with Gasteiger partial charge in [-0.25, -0.2) is 0 Å². The molecular weight excluding hydrogens is 274 g/mol. The average molecular weight is 305 g/mol. The van der Waals surface area contributed by atoms with Gasteiger partial charge in [0, 0.05) is 52.2 Å². The van der Waals surface area contributed by atoms with E-state index in [1.807, 2.05) is 7.05 Å². The van der Waals surface area contributed by atoms with Crippen LogP contribution >= 0.6 is 0 Å². The summed E-state index contributed by atoms with van der Waals surface area (Å²) in [6.07, 6.45) is 7.58. The summed E-state index contributed by atoms with van der Waals surface area (Å²) < 4.78 is 2.15. The molecule has 2 rings (SSSR count). The molecular formula is C17H31N5. The van der Waals surface area contributed by atoms with Crippen LogP contribution in [0.1, 0.15) is 31.4 Å². The quantitative estimate of drug-likeness (QED) is 0.644. The van der Waals surface area contributed by atoms with Crippen LogP contribution in [-0.4, -0.2) is 60.6 Å². The highest BCUT2D eigenvalue weighted by molar-refractivity contribution is 5.79. The molecule has 1 aromatic heterocycles. The molecule has 1 aliphatic carbocycles. The van der Waals surface area contributed by atoms with Crippen LogP contribution in [0.2, 0.25) is 0 Å². The molecule has 0 radical (unpaired) electrons. The predicted octanol–water partition coefficient (Wildman–Crippen LogP) is 1.91. The van der Waals surface area contributed by atoms with E-state index in [0.717, 1.165) is 31.6 Å². The molecule has 5 nitrogen and oxygen atoms in total. The van der Waals surface area contributed by atoms with Crippen LogP contribution < -0.4 is 5.32 Å². The van der Waals surface area contributed by atoms with Crippen molar-refractivity contribution in [1.29, 1.82) is 0 Å². The van der Waals surface area contributed by atoms with Crippen LogP contribution in [0.5, 0.6) is 0 Å². The molecule has 1 aliphatic rings. The van der Waals surface area contributed by atoms with Gasteiger partial charge in [0.05, 0.1) is 6.54 Å². The number of aromatic nitrogens is 1. The van der Waals surface area contributed by atoms with Gasteiger partial charge in [0.15, 0.2) is 5.96 Å². The van der Waals surface area contributed by atoms with E-state index in [9.17, 15) is 0 Å². The molecule has 1 N–H and O–H groups in total. The third kappa shape index (κ3) is 4.50. The van der Waals surface area contributed by atoms with E-state index in [1.165, 1.54) is 31.4 Å². The fourth-order valence-corrected chi connectivity index (χ4v) is 3.24. The van der Waals surface area contributed by atoms with Crippen LogP contribution in [0, 0.1) is 0 Å². The number of rotatable bonds is 6. The van der Waals surface area contributed by atoms with Gasteiger partial charge in [0.25, 0.3) is 0 Å². The van der Waals surface area contributed by atoms with Gasteiger partial charge in [0.1, 0.15) is 0 Å². The lowest BCUT2D eigenvalue weighted by Gasteiger charge is -2.26. The summed E-state index contributed by atoms with van der Waals surface area (Å²) in [4.78, 5) is 9.06. The topological polar surface area (TPSA) is 35.8 Å². The molecule has 1 fully saturated rings. The summed E-state index contributed by atoms with van der Waals surface area (Å²) in [6, 6.07) is 5.01. The maximum Gasteiger partial charge on any atom is 0.193 e. The molecule has 0 bridgehead atoms. The monoisotopic (exact) mass is 305 g/mol. The van der Waals surface area contributed by atoms with Crippen molar-refractivity contribution in [2.45, 2.75) is 38.3 Å². The first kappa shape index (κ1) is 16.9. The van der Waals surface area contributed by atoms with Crippen LogP contribution in [0.4, 0.5) is 0 Å². The van der Waals surface area contributed by atoms with Crippen molar-refractivity contribution in [2.24, 2.45) is 12.0 Å². The minimum absolute atomic E-state index is 0.782. The molecule has 0 aliphatic heterocycles. The van der Waals surface area contributed by atoms with E-state index in [0.29, 0.717) is 0 Å². The lowest BCUT2D eigenvalue weighted by atomic mass is 10.2. The Morgan fingerprint density at radius 3 is 2.68 bits per heavy atom. The second-order valence-electron chi connectivity index (χ2n) is 6.36. The zero-order valence-electron chi connectivity index (χ0n) is 14.5. The molecule has 1 heterocycles. The zero-order valence-corrected chi connectivity index (χ0v) is 14.5. The Labute approximate surface area is 135 Å². The molecule has 0 atom stereocenters. The Hall–Kier alpha value is -1.49. The summed E-state index contributed by atoms with van der Waals surface area (Å²) in [5, 5.41) is 3.48. The van der Waals surface area contributed by atoms with Gasteiger partial charge in [-0.15, -0.1) is 0 Å². The number of guanidine groups is 1. The Bertz CT molecular complexity index is 473. The van der Waals surface area contributed by atoms with E-state index in [-0.39, 0.29) is 0 Å². The highest BCUT2D eigenvalue weighted by atomic mass is 15.3. The van der Waals surface area contributed by atoms with Gasteiger partial charge >= 0.3 is 0 Å². The number of aliphatic imine (C=N–C) groups is 1. The third-order valence-electron chi connectivity index (χ3n) is 4.72. The van der Waals surface area contributed by atoms with Gasteiger partial charge in [-0.1, -0.05) is 12.8 Å². The number of hydrogen-bond donors (Lipinski definition) is 1. The largest absolute Gasteiger partial charge is 0.355 e. The van der Waals surface area contributed by atoms with E-state index >= 15 is 0 Å². The van der Waals surface area contributed by atoms with E-state index in [4.69, 9.17) is 0 Å². The number of nitrogens with zero attached hydrogens (tertiary/aromatic N) is 4. The van der Waals surface area contributed by atoms with Crippen molar-refractivity contribution in [2.75, 3.05) is 34.2 Å². The van der Waals surface area contributed by atoms with Crippen LogP contribution in [0.25, 0.3) is 0 Å². The molecule has 22 heavy (non-hydrogen) atoms. The average Bonchev–Trinajstić information content (AvgIpc) is 3.16. The first-order chi connectivity index (χ1) is 10.6. The third-order valence-corrected chi connectivity index (χ3v) is 4.72. The Morgan fingerprint density at radius 1 is 1.36 bits per heavy atom. The minimum Gasteiger partial charge on any atom is -0.355 e. The molecule has 0 unspecified atom stereocenters. The first-order valence-electron chi connectivity index (χ1n) is 8.34. The summed E-state index contributed by atoms with van der Waals surface area (Å²) in [6.45, 7) is 2.88. The van der Waals surface area contributed by atoms with Crippen molar-refractivity contribution >= 4 is 5.96 Å². The minimum atomic E-state index is 0.782. The molecule has 5 heteroatoms. The van der Waals surface area contributed by atoms with Gasteiger partial charge in [-0.05, 0) is 32.0 Å². The van der Waals surface area contributed by atoms with Crippen LogP contribution in [-0.2, 0) is 13.6 Å². The maximum atomic E-state index is 4.40. The van der Waals surface area contributed by atoms with Crippen molar-refractivity contribution in [3.63, 3.8) is 0 Å².